The Hall–Kier alpha value is -3.73. The van der Waals surface area contributed by atoms with Gasteiger partial charge >= 0.3 is 0 Å². The average Bonchev–Trinajstić information content (AvgIpc) is 3.19. The maximum absolute atomic E-state index is 12.8. The Bertz CT molecular complexity index is 1030. The number of benzene rings is 1. The predicted octanol–water partition coefficient (Wildman–Crippen LogP) is 1.13. The van der Waals surface area contributed by atoms with Crippen molar-refractivity contribution in [1.29, 1.82) is 0 Å². The van der Waals surface area contributed by atoms with E-state index in [0.717, 1.165) is 12.5 Å². The van der Waals surface area contributed by atoms with Crippen molar-refractivity contribution in [2.24, 2.45) is 5.10 Å². The van der Waals surface area contributed by atoms with Crippen molar-refractivity contribution < 1.29 is 14.4 Å². The van der Waals surface area contributed by atoms with Crippen LogP contribution in [0.1, 0.15) is 31.1 Å². The summed E-state index contributed by atoms with van der Waals surface area (Å²) in [5, 5.41) is 9.92. The second kappa shape index (κ2) is 8.74. The summed E-state index contributed by atoms with van der Waals surface area (Å²) in [4.78, 5) is 38.6. The SMILES string of the molecule is C=NN1C(C(=O)C(C)=O)C(=O)N(C)CC1C(c1ccccc1)n1ccc(C#CC)n1. The first kappa shape index (κ1) is 21.0. The largest absolute Gasteiger partial charge is 0.341 e. The lowest BCUT2D eigenvalue weighted by Gasteiger charge is -2.45. The number of nitrogens with zero attached hydrogens (tertiary/aromatic N) is 5. The molecule has 3 unspecified atom stereocenters. The Morgan fingerprint density at radius 1 is 1.27 bits per heavy atom. The van der Waals surface area contributed by atoms with E-state index < -0.39 is 35.6 Å². The molecule has 0 spiro atoms. The predicted molar refractivity (Wildman–Crippen MR) is 112 cm³/mol. The first-order valence-corrected chi connectivity index (χ1v) is 9.46. The summed E-state index contributed by atoms with van der Waals surface area (Å²) in [5.74, 6) is 3.75. The maximum atomic E-state index is 12.8. The van der Waals surface area contributed by atoms with E-state index in [9.17, 15) is 14.4 Å². The Kier molecular flexibility index (Phi) is 6.11. The van der Waals surface area contributed by atoms with Gasteiger partial charge in [-0.15, -0.1) is 0 Å². The summed E-state index contributed by atoms with van der Waals surface area (Å²) in [7, 11) is 1.61. The summed E-state index contributed by atoms with van der Waals surface area (Å²) in [6.45, 7) is 6.74. The fourth-order valence-corrected chi connectivity index (χ4v) is 3.71. The Morgan fingerprint density at radius 2 is 1.97 bits per heavy atom. The van der Waals surface area contributed by atoms with Crippen molar-refractivity contribution >= 4 is 24.2 Å². The Balaban J connectivity index is 2.13. The van der Waals surface area contributed by atoms with E-state index in [1.807, 2.05) is 30.3 Å². The van der Waals surface area contributed by atoms with Crippen LogP contribution in [0.25, 0.3) is 0 Å². The van der Waals surface area contributed by atoms with Gasteiger partial charge in [-0.3, -0.25) is 24.1 Å². The van der Waals surface area contributed by atoms with E-state index in [2.05, 4.69) is 28.8 Å². The molecule has 1 aliphatic rings. The summed E-state index contributed by atoms with van der Waals surface area (Å²) < 4.78 is 1.75. The lowest BCUT2D eigenvalue weighted by molar-refractivity contribution is -0.154. The molecule has 1 aliphatic heterocycles. The van der Waals surface area contributed by atoms with Gasteiger partial charge in [0.15, 0.2) is 11.8 Å². The molecule has 8 heteroatoms. The van der Waals surface area contributed by atoms with Crippen LogP contribution in [0.4, 0.5) is 0 Å². The maximum Gasteiger partial charge on any atom is 0.255 e. The molecule has 1 saturated heterocycles. The molecule has 0 radical (unpaired) electrons. The van der Waals surface area contributed by atoms with Gasteiger partial charge in [0, 0.05) is 33.4 Å². The third kappa shape index (κ3) is 3.87. The molecule has 3 atom stereocenters. The van der Waals surface area contributed by atoms with Crippen LogP contribution in [0.5, 0.6) is 0 Å². The van der Waals surface area contributed by atoms with Gasteiger partial charge in [-0.25, -0.2) is 0 Å². The fourth-order valence-electron chi connectivity index (χ4n) is 3.71. The monoisotopic (exact) mass is 405 g/mol. The van der Waals surface area contributed by atoms with Crippen LogP contribution in [-0.4, -0.2) is 69.6 Å². The second-order valence-electron chi connectivity index (χ2n) is 7.04. The van der Waals surface area contributed by atoms with Crippen LogP contribution in [0, 0.1) is 11.8 Å². The number of carbonyl (C=O) groups is 3. The average molecular weight is 405 g/mol. The third-order valence-electron chi connectivity index (χ3n) is 5.09. The molecular formula is C22H23N5O3. The van der Waals surface area contributed by atoms with E-state index in [1.54, 1.807) is 30.9 Å². The smallest absolute Gasteiger partial charge is 0.255 e. The molecule has 1 amide bonds. The molecule has 1 aromatic heterocycles. The van der Waals surface area contributed by atoms with Gasteiger partial charge in [-0.1, -0.05) is 36.3 Å². The number of piperazine rings is 1. The minimum atomic E-state index is -1.35. The normalized spacial score (nSPS) is 19.6. The third-order valence-corrected chi connectivity index (χ3v) is 5.09. The van der Waals surface area contributed by atoms with E-state index in [-0.39, 0.29) is 6.54 Å². The number of rotatable bonds is 6. The number of ketones is 2. The standard InChI is InChI=1S/C22H23N5O3/c1-5-9-17-12-13-26(24-17)19(16-10-7-6-8-11-16)18-14-25(4)22(30)20(27(18)23-3)21(29)15(2)28/h6-8,10-13,18-20H,3,14H2,1-2,4H3. The zero-order valence-electron chi connectivity index (χ0n) is 17.1. The van der Waals surface area contributed by atoms with Gasteiger partial charge in [0.1, 0.15) is 11.7 Å². The molecule has 2 aromatic rings. The van der Waals surface area contributed by atoms with Crippen LogP contribution in [0.2, 0.25) is 0 Å². The second-order valence-corrected chi connectivity index (χ2v) is 7.04. The zero-order valence-corrected chi connectivity index (χ0v) is 17.1. The van der Waals surface area contributed by atoms with E-state index in [0.29, 0.717) is 5.69 Å². The van der Waals surface area contributed by atoms with Crippen molar-refractivity contribution in [3.8, 4) is 11.8 Å². The van der Waals surface area contributed by atoms with Gasteiger partial charge in [0.25, 0.3) is 5.91 Å². The molecule has 30 heavy (non-hydrogen) atoms. The van der Waals surface area contributed by atoms with Gasteiger partial charge in [0.05, 0.1) is 6.04 Å². The number of hydrogen-bond acceptors (Lipinski definition) is 6. The highest BCUT2D eigenvalue weighted by molar-refractivity contribution is 6.42. The van der Waals surface area contributed by atoms with Crippen LogP contribution in [-0.2, 0) is 14.4 Å². The minimum Gasteiger partial charge on any atom is -0.341 e. The van der Waals surface area contributed by atoms with Crippen molar-refractivity contribution in [2.75, 3.05) is 13.6 Å². The highest BCUT2D eigenvalue weighted by atomic mass is 16.2. The quantitative estimate of drug-likeness (QED) is 0.311. The molecule has 0 saturated carbocycles. The number of amides is 1. The van der Waals surface area contributed by atoms with Crippen LogP contribution in [0.15, 0.2) is 47.7 Å². The number of Topliss-reactive ketones (excluding diaryl/α,β-unsaturated/α-hetero) is 2. The number of hydrazone groups is 1. The van der Waals surface area contributed by atoms with E-state index in [4.69, 9.17) is 0 Å². The van der Waals surface area contributed by atoms with Crippen molar-refractivity contribution in [2.45, 2.75) is 32.0 Å². The van der Waals surface area contributed by atoms with E-state index in [1.165, 1.54) is 9.91 Å². The summed E-state index contributed by atoms with van der Waals surface area (Å²) >= 11 is 0. The lowest BCUT2D eigenvalue weighted by atomic mass is 9.93. The van der Waals surface area contributed by atoms with Crippen molar-refractivity contribution in [3.63, 3.8) is 0 Å². The topological polar surface area (TPSA) is 87.9 Å². The van der Waals surface area contributed by atoms with Gasteiger partial charge in [0.2, 0.25) is 5.78 Å². The molecular weight excluding hydrogens is 382 g/mol. The molecule has 8 nitrogen and oxygen atoms in total. The van der Waals surface area contributed by atoms with Crippen molar-refractivity contribution in [3.05, 3.63) is 53.9 Å². The minimum absolute atomic E-state index is 0.272. The fraction of sp³-hybridized carbons (Fsp3) is 0.318. The van der Waals surface area contributed by atoms with Crippen LogP contribution < -0.4 is 0 Å². The molecule has 3 rings (SSSR count). The summed E-state index contributed by atoms with van der Waals surface area (Å²) in [6, 6.07) is 9.16. The van der Waals surface area contributed by atoms with Gasteiger partial charge in [-0.2, -0.15) is 10.2 Å². The number of aromatic nitrogens is 2. The molecule has 0 N–H and O–H groups in total. The number of hydrogen-bond donors (Lipinski definition) is 0. The lowest BCUT2D eigenvalue weighted by Crippen LogP contribution is -2.64. The molecule has 0 bridgehead atoms. The number of likely N-dealkylation sites (N-methyl/N-ethyl adjacent to an activating group) is 1. The van der Waals surface area contributed by atoms with Gasteiger partial charge < -0.3 is 4.90 Å². The van der Waals surface area contributed by atoms with Gasteiger partial charge in [-0.05, 0) is 24.5 Å². The molecule has 1 aromatic carbocycles. The van der Waals surface area contributed by atoms with Crippen molar-refractivity contribution in [1.82, 2.24) is 19.7 Å². The van der Waals surface area contributed by atoms with Crippen LogP contribution in [0.3, 0.4) is 0 Å². The molecule has 154 valence electrons. The molecule has 2 heterocycles. The highest BCUT2D eigenvalue weighted by Crippen LogP contribution is 2.31. The summed E-state index contributed by atoms with van der Waals surface area (Å²) in [6.07, 6.45) is 1.80. The first-order chi connectivity index (χ1) is 14.4. The van der Waals surface area contributed by atoms with Crippen LogP contribution >= 0.6 is 0 Å². The number of carbonyl (C=O) groups excluding carboxylic acids is 3. The first-order valence-electron chi connectivity index (χ1n) is 9.46. The Morgan fingerprint density at radius 3 is 2.57 bits per heavy atom. The zero-order chi connectivity index (χ0) is 21.8. The molecule has 1 fully saturated rings. The Labute approximate surface area is 175 Å². The summed E-state index contributed by atoms with van der Waals surface area (Å²) in [5.41, 5.74) is 1.51. The highest BCUT2D eigenvalue weighted by Gasteiger charge is 2.47. The molecule has 0 aliphatic carbocycles. The van der Waals surface area contributed by atoms with E-state index >= 15 is 0 Å².